The van der Waals surface area contributed by atoms with Crippen molar-refractivity contribution in [3.63, 3.8) is 0 Å². The van der Waals surface area contributed by atoms with E-state index in [-0.39, 0.29) is 16.8 Å². The Balaban J connectivity index is 1.78. The molecule has 1 fully saturated rings. The zero-order valence-corrected chi connectivity index (χ0v) is 16.1. The molecule has 1 aliphatic rings. The second kappa shape index (κ2) is 7.21. The first-order chi connectivity index (χ1) is 12.3. The Kier molecular flexibility index (Phi) is 5.16. The third-order valence-electron chi connectivity index (χ3n) is 4.76. The summed E-state index contributed by atoms with van der Waals surface area (Å²) in [5.41, 5.74) is 3.91. The lowest BCUT2D eigenvalue weighted by atomic mass is 10.0. The summed E-state index contributed by atoms with van der Waals surface area (Å²) in [6.07, 6.45) is 1.39. The van der Waals surface area contributed by atoms with Gasteiger partial charge in [0.05, 0.1) is 4.90 Å². The van der Waals surface area contributed by atoms with Crippen LogP contribution in [0.15, 0.2) is 47.4 Å². The molecule has 0 radical (unpaired) electrons. The summed E-state index contributed by atoms with van der Waals surface area (Å²) in [5.74, 6) is 0.0854. The molecule has 1 saturated heterocycles. The van der Waals surface area contributed by atoms with Crippen LogP contribution in [0.4, 0.5) is 5.69 Å². The van der Waals surface area contributed by atoms with Gasteiger partial charge in [-0.25, -0.2) is 13.1 Å². The van der Waals surface area contributed by atoms with Gasteiger partial charge in [0, 0.05) is 24.7 Å². The Morgan fingerprint density at radius 1 is 1.08 bits per heavy atom. The van der Waals surface area contributed by atoms with E-state index in [0.29, 0.717) is 13.0 Å². The highest BCUT2D eigenvalue weighted by Crippen LogP contribution is 2.25. The molecule has 5 nitrogen and oxygen atoms in total. The van der Waals surface area contributed by atoms with Crippen LogP contribution in [0.1, 0.15) is 42.5 Å². The van der Waals surface area contributed by atoms with E-state index in [2.05, 4.69) is 4.72 Å². The van der Waals surface area contributed by atoms with E-state index in [1.165, 1.54) is 0 Å². The molecule has 138 valence electrons. The molecule has 1 amide bonds. The molecule has 2 aromatic rings. The van der Waals surface area contributed by atoms with Crippen molar-refractivity contribution in [2.24, 2.45) is 0 Å². The number of sulfonamides is 1. The zero-order chi connectivity index (χ0) is 18.9. The van der Waals surface area contributed by atoms with Gasteiger partial charge in [0.15, 0.2) is 0 Å². The molecule has 3 rings (SSSR count). The summed E-state index contributed by atoms with van der Waals surface area (Å²) >= 11 is 0. The molecular formula is C20H24N2O3S. The third kappa shape index (κ3) is 3.81. The lowest BCUT2D eigenvalue weighted by Crippen LogP contribution is -2.27. The maximum absolute atomic E-state index is 12.7. The van der Waals surface area contributed by atoms with Crippen molar-refractivity contribution >= 4 is 21.6 Å². The largest absolute Gasteiger partial charge is 0.312 e. The summed E-state index contributed by atoms with van der Waals surface area (Å²) in [4.78, 5) is 13.7. The number of carbonyl (C=O) groups excluding carboxylic acids is 1. The van der Waals surface area contributed by atoms with Gasteiger partial charge in [0.2, 0.25) is 15.9 Å². The Morgan fingerprint density at radius 2 is 1.77 bits per heavy atom. The first-order valence-electron chi connectivity index (χ1n) is 8.78. The lowest BCUT2D eigenvalue weighted by molar-refractivity contribution is -0.117. The lowest BCUT2D eigenvalue weighted by Gasteiger charge is -2.18. The van der Waals surface area contributed by atoms with Crippen LogP contribution in [0.2, 0.25) is 0 Å². The monoisotopic (exact) mass is 372 g/mol. The molecule has 6 heteroatoms. The molecule has 1 atom stereocenters. The standard InChI is InChI=1S/C20H24N2O3S/c1-14-6-11-19(15(2)13-14)16(3)21-26(24,25)18-9-7-17(8-10-18)22-12-4-5-20(22)23/h6-11,13,16,21H,4-5,12H2,1-3H3. The minimum absolute atomic E-state index is 0.0854. The fourth-order valence-electron chi connectivity index (χ4n) is 3.40. The van der Waals surface area contributed by atoms with E-state index in [4.69, 9.17) is 0 Å². The summed E-state index contributed by atoms with van der Waals surface area (Å²) in [5, 5.41) is 0. The molecule has 1 N–H and O–H groups in total. The number of aryl methyl sites for hydroxylation is 2. The van der Waals surface area contributed by atoms with Crippen molar-refractivity contribution in [1.29, 1.82) is 0 Å². The first kappa shape index (κ1) is 18.6. The van der Waals surface area contributed by atoms with Gasteiger partial charge in [0.25, 0.3) is 0 Å². The zero-order valence-electron chi connectivity index (χ0n) is 15.3. The van der Waals surface area contributed by atoms with Crippen molar-refractivity contribution in [3.05, 3.63) is 59.2 Å². The number of anilines is 1. The van der Waals surface area contributed by atoms with E-state index < -0.39 is 10.0 Å². The van der Waals surface area contributed by atoms with Gasteiger partial charge in [-0.3, -0.25) is 4.79 Å². The second-order valence-electron chi connectivity index (χ2n) is 6.85. The highest BCUT2D eigenvalue weighted by atomic mass is 32.2. The number of nitrogens with zero attached hydrogens (tertiary/aromatic N) is 1. The van der Waals surface area contributed by atoms with Crippen LogP contribution in [-0.4, -0.2) is 20.9 Å². The molecule has 1 aliphatic heterocycles. The van der Waals surface area contributed by atoms with Crippen molar-refractivity contribution in [3.8, 4) is 0 Å². The smallest absolute Gasteiger partial charge is 0.241 e. The van der Waals surface area contributed by atoms with E-state index >= 15 is 0 Å². The van der Waals surface area contributed by atoms with Gasteiger partial charge >= 0.3 is 0 Å². The number of nitrogens with one attached hydrogen (secondary N) is 1. The molecule has 0 bridgehead atoms. The molecule has 0 spiro atoms. The Bertz CT molecular complexity index is 921. The quantitative estimate of drug-likeness (QED) is 0.874. The maximum atomic E-state index is 12.7. The van der Waals surface area contributed by atoms with E-state index in [9.17, 15) is 13.2 Å². The normalized spacial score (nSPS) is 16.1. The van der Waals surface area contributed by atoms with Crippen LogP contribution in [0.25, 0.3) is 0 Å². The highest BCUT2D eigenvalue weighted by Gasteiger charge is 2.23. The van der Waals surface area contributed by atoms with Crippen LogP contribution in [0, 0.1) is 13.8 Å². The molecule has 26 heavy (non-hydrogen) atoms. The fourth-order valence-corrected chi connectivity index (χ4v) is 4.62. The fraction of sp³-hybridized carbons (Fsp3) is 0.350. The van der Waals surface area contributed by atoms with Crippen LogP contribution in [-0.2, 0) is 14.8 Å². The van der Waals surface area contributed by atoms with Gasteiger partial charge < -0.3 is 4.90 Å². The molecule has 1 heterocycles. The maximum Gasteiger partial charge on any atom is 0.241 e. The number of hydrogen-bond donors (Lipinski definition) is 1. The van der Waals surface area contributed by atoms with Gasteiger partial charge in [-0.2, -0.15) is 0 Å². The van der Waals surface area contributed by atoms with E-state index in [1.54, 1.807) is 29.2 Å². The minimum atomic E-state index is -3.64. The summed E-state index contributed by atoms with van der Waals surface area (Å²) in [6, 6.07) is 12.1. The van der Waals surface area contributed by atoms with Crippen molar-refractivity contribution in [2.45, 2.75) is 44.6 Å². The average Bonchev–Trinajstić information content (AvgIpc) is 3.00. The topological polar surface area (TPSA) is 66.5 Å². The predicted octanol–water partition coefficient (Wildman–Crippen LogP) is 3.47. The Hall–Kier alpha value is -2.18. The number of hydrogen-bond acceptors (Lipinski definition) is 3. The van der Waals surface area contributed by atoms with Crippen LogP contribution in [0.3, 0.4) is 0 Å². The number of benzene rings is 2. The molecule has 0 aromatic heterocycles. The molecule has 2 aromatic carbocycles. The van der Waals surface area contributed by atoms with Crippen molar-refractivity contribution in [1.82, 2.24) is 4.72 Å². The van der Waals surface area contributed by atoms with Crippen LogP contribution in [0.5, 0.6) is 0 Å². The van der Waals surface area contributed by atoms with Crippen molar-refractivity contribution in [2.75, 3.05) is 11.4 Å². The Morgan fingerprint density at radius 3 is 2.35 bits per heavy atom. The summed E-state index contributed by atoms with van der Waals surface area (Å²) in [7, 11) is -3.64. The van der Waals surface area contributed by atoms with Crippen LogP contribution >= 0.6 is 0 Å². The summed E-state index contributed by atoms with van der Waals surface area (Å²) < 4.78 is 28.1. The van der Waals surface area contributed by atoms with Gasteiger partial charge in [-0.15, -0.1) is 0 Å². The van der Waals surface area contributed by atoms with E-state index in [1.807, 2.05) is 39.0 Å². The van der Waals surface area contributed by atoms with Gasteiger partial charge in [-0.05, 0) is 62.6 Å². The SMILES string of the molecule is Cc1ccc(C(C)NS(=O)(=O)c2ccc(N3CCCC3=O)cc2)c(C)c1. The molecule has 0 saturated carbocycles. The predicted molar refractivity (Wildman–Crippen MR) is 103 cm³/mol. The van der Waals surface area contributed by atoms with Crippen molar-refractivity contribution < 1.29 is 13.2 Å². The molecular weight excluding hydrogens is 348 g/mol. The number of amides is 1. The van der Waals surface area contributed by atoms with Crippen LogP contribution < -0.4 is 9.62 Å². The first-order valence-corrected chi connectivity index (χ1v) is 10.3. The van der Waals surface area contributed by atoms with Gasteiger partial charge in [-0.1, -0.05) is 23.8 Å². The minimum Gasteiger partial charge on any atom is -0.312 e. The number of rotatable bonds is 5. The summed E-state index contributed by atoms with van der Waals surface area (Å²) in [6.45, 7) is 6.52. The van der Waals surface area contributed by atoms with Gasteiger partial charge in [0.1, 0.15) is 0 Å². The molecule has 0 aliphatic carbocycles. The average molecular weight is 372 g/mol. The number of carbonyl (C=O) groups is 1. The third-order valence-corrected chi connectivity index (χ3v) is 6.31. The molecule has 1 unspecified atom stereocenters. The Labute approximate surface area is 155 Å². The van der Waals surface area contributed by atoms with E-state index in [0.717, 1.165) is 28.8 Å². The highest BCUT2D eigenvalue weighted by molar-refractivity contribution is 7.89. The second-order valence-corrected chi connectivity index (χ2v) is 8.56.